The van der Waals surface area contributed by atoms with E-state index in [2.05, 4.69) is 22.2 Å². The summed E-state index contributed by atoms with van der Waals surface area (Å²) in [4.78, 5) is 36.8. The predicted octanol–water partition coefficient (Wildman–Crippen LogP) is 6.48. The van der Waals surface area contributed by atoms with Crippen LogP contribution in [0.15, 0.2) is 111 Å². The Morgan fingerprint density at radius 3 is 2.12 bits per heavy atom. The molecule has 260 valence electrons. The van der Waals surface area contributed by atoms with Crippen LogP contribution in [0.2, 0.25) is 0 Å². The minimum atomic E-state index is -5.08. The molecule has 3 N–H and O–H groups in total. The molecule has 0 saturated heterocycles. The number of nitrogens with zero attached hydrogens (tertiary/aromatic N) is 1. The molecule has 0 fully saturated rings. The van der Waals surface area contributed by atoms with Crippen LogP contribution in [0.4, 0.5) is 24.7 Å². The van der Waals surface area contributed by atoms with Crippen molar-refractivity contribution in [3.05, 3.63) is 135 Å². The number of sulfonamides is 1. The van der Waals surface area contributed by atoms with Gasteiger partial charge in [-0.05, 0) is 54.3 Å². The van der Waals surface area contributed by atoms with Gasteiger partial charge >= 0.3 is 12.1 Å². The molecule has 10 nitrogen and oxygen atoms in total. The molecule has 5 aromatic rings. The van der Waals surface area contributed by atoms with Crippen molar-refractivity contribution in [2.45, 2.75) is 50.5 Å². The molecule has 2 heterocycles. The zero-order chi connectivity index (χ0) is 36.2. The summed E-state index contributed by atoms with van der Waals surface area (Å²) in [7, 11) is -4.18. The molecule has 0 bridgehead atoms. The highest BCUT2D eigenvalue weighted by Gasteiger charge is 2.38. The molecule has 1 aliphatic heterocycles. The third kappa shape index (κ3) is 8.32. The lowest BCUT2D eigenvalue weighted by molar-refractivity contribution is -0.192. The first-order valence-electron chi connectivity index (χ1n) is 15.3. The molecule has 1 aliphatic rings. The minimum Gasteiger partial charge on any atom is -0.475 e. The number of aliphatic carboxylic acids is 1. The number of fused-ring (bicyclic) bond motifs is 2. The Labute approximate surface area is 285 Å². The van der Waals surface area contributed by atoms with E-state index in [9.17, 15) is 31.2 Å². The summed E-state index contributed by atoms with van der Waals surface area (Å²) in [5.74, 6) is -2.90. The number of hydrogen-bond acceptors (Lipinski definition) is 8. The van der Waals surface area contributed by atoms with Gasteiger partial charge in [0.2, 0.25) is 11.8 Å². The first-order chi connectivity index (χ1) is 23.6. The largest absolute Gasteiger partial charge is 0.490 e. The first kappa shape index (κ1) is 35.7. The van der Waals surface area contributed by atoms with Crippen molar-refractivity contribution < 1.29 is 40.7 Å². The molecule has 50 heavy (non-hydrogen) atoms. The van der Waals surface area contributed by atoms with Gasteiger partial charge in [-0.3, -0.25) is 9.59 Å². The lowest BCUT2D eigenvalue weighted by Crippen LogP contribution is -2.32. The number of para-hydroxylation sites is 1. The van der Waals surface area contributed by atoms with Crippen LogP contribution in [0.3, 0.4) is 0 Å². The molecule has 14 heteroatoms. The maximum Gasteiger partial charge on any atom is 0.490 e. The van der Waals surface area contributed by atoms with Crippen molar-refractivity contribution in [2.24, 2.45) is 0 Å². The zero-order valence-electron chi connectivity index (χ0n) is 26.8. The van der Waals surface area contributed by atoms with Crippen LogP contribution in [-0.2, 0) is 39.1 Å². The van der Waals surface area contributed by atoms with Gasteiger partial charge in [0.15, 0.2) is 5.43 Å². The maximum atomic E-state index is 13.3. The Balaban J connectivity index is 0.000000630. The van der Waals surface area contributed by atoms with Crippen molar-refractivity contribution >= 4 is 44.4 Å². The Morgan fingerprint density at radius 1 is 0.920 bits per heavy atom. The Hall–Kier alpha value is -5.63. The van der Waals surface area contributed by atoms with Gasteiger partial charge in [-0.2, -0.15) is 13.2 Å². The van der Waals surface area contributed by atoms with E-state index in [1.807, 2.05) is 43.0 Å². The van der Waals surface area contributed by atoms with Crippen LogP contribution in [0.25, 0.3) is 11.0 Å². The Morgan fingerprint density at radius 2 is 1.50 bits per heavy atom. The second kappa shape index (κ2) is 14.5. The van der Waals surface area contributed by atoms with E-state index >= 15 is 0 Å². The molecule has 6 rings (SSSR count). The molecule has 0 aliphatic carbocycles. The number of carbonyl (C=O) groups is 2. The van der Waals surface area contributed by atoms with Gasteiger partial charge in [0.1, 0.15) is 10.5 Å². The summed E-state index contributed by atoms with van der Waals surface area (Å²) in [5.41, 5.74) is 5.30. The van der Waals surface area contributed by atoms with Gasteiger partial charge < -0.3 is 19.7 Å². The average molecular weight is 708 g/mol. The molecule has 0 radical (unpaired) electrons. The van der Waals surface area contributed by atoms with Crippen LogP contribution >= 0.6 is 0 Å². The van der Waals surface area contributed by atoms with Gasteiger partial charge in [-0.15, -0.1) is 0 Å². The van der Waals surface area contributed by atoms with Crippen molar-refractivity contribution in [3.8, 4) is 0 Å². The lowest BCUT2D eigenvalue weighted by Gasteiger charge is -2.21. The number of benzene rings is 4. The summed E-state index contributed by atoms with van der Waals surface area (Å²) in [6.07, 6.45) is -5.15. The molecule has 1 atom stereocenters. The smallest absolute Gasteiger partial charge is 0.475 e. The number of amides is 1. The number of alkyl halides is 3. The normalized spacial score (nSPS) is 13.2. The quantitative estimate of drug-likeness (QED) is 0.165. The molecule has 0 spiro atoms. The predicted molar refractivity (Wildman–Crippen MR) is 181 cm³/mol. The Bertz CT molecular complexity index is 2200. The van der Waals surface area contributed by atoms with E-state index < -0.39 is 34.1 Å². The zero-order valence-corrected chi connectivity index (χ0v) is 27.6. The SMILES string of the molecule is Cc1cc(C(C)Nc2ccccc2S(=O)(=O)NC(=O)Cc2ccccc2)c2oc(N3Cc4ccccc4C3)cc(=O)c2c1.O=C(O)C(F)(F)F. The van der Waals surface area contributed by atoms with Crippen LogP contribution < -0.4 is 20.4 Å². The molecule has 4 aromatic carbocycles. The van der Waals surface area contributed by atoms with Gasteiger partial charge in [0.05, 0.1) is 23.5 Å². The number of halogens is 3. The van der Waals surface area contributed by atoms with Crippen molar-refractivity contribution in [2.75, 3.05) is 10.2 Å². The molecule has 1 amide bonds. The average Bonchev–Trinajstić information content (AvgIpc) is 3.49. The van der Waals surface area contributed by atoms with Gasteiger partial charge in [-0.25, -0.2) is 17.9 Å². The van der Waals surface area contributed by atoms with Crippen LogP contribution in [0, 0.1) is 6.92 Å². The molecular weight excluding hydrogens is 675 g/mol. The fourth-order valence-corrected chi connectivity index (χ4v) is 6.70. The summed E-state index contributed by atoms with van der Waals surface area (Å²) >= 11 is 0. The van der Waals surface area contributed by atoms with Crippen molar-refractivity contribution in [1.29, 1.82) is 0 Å². The molecular formula is C36H32F3N3O7S. The van der Waals surface area contributed by atoms with Gasteiger partial charge in [-0.1, -0.05) is 72.8 Å². The number of carboxylic acids is 1. The third-order valence-corrected chi connectivity index (χ3v) is 9.29. The van der Waals surface area contributed by atoms with E-state index in [0.717, 1.165) is 5.56 Å². The maximum absolute atomic E-state index is 13.3. The third-order valence-electron chi connectivity index (χ3n) is 7.85. The number of hydrogen-bond donors (Lipinski definition) is 3. The fourth-order valence-electron chi connectivity index (χ4n) is 5.54. The topological polar surface area (TPSA) is 146 Å². The van der Waals surface area contributed by atoms with E-state index in [1.165, 1.54) is 23.3 Å². The highest BCUT2D eigenvalue weighted by molar-refractivity contribution is 7.90. The second-order valence-corrected chi connectivity index (χ2v) is 13.3. The van der Waals surface area contributed by atoms with Gasteiger partial charge in [0.25, 0.3) is 10.0 Å². The highest BCUT2D eigenvalue weighted by Crippen LogP contribution is 2.34. The summed E-state index contributed by atoms with van der Waals surface area (Å²) in [5, 5.41) is 10.9. The number of aryl methyl sites for hydroxylation is 1. The number of carboxylic acid groups (broad SMARTS) is 1. The molecule has 0 saturated carbocycles. The van der Waals surface area contributed by atoms with Crippen LogP contribution in [0.5, 0.6) is 0 Å². The monoisotopic (exact) mass is 707 g/mol. The van der Waals surface area contributed by atoms with Crippen LogP contribution in [-0.4, -0.2) is 31.6 Å². The Kier molecular flexibility index (Phi) is 10.3. The minimum absolute atomic E-state index is 0.0582. The lowest BCUT2D eigenvalue weighted by atomic mass is 10.0. The van der Waals surface area contributed by atoms with E-state index in [0.29, 0.717) is 46.8 Å². The van der Waals surface area contributed by atoms with Crippen LogP contribution in [0.1, 0.15) is 40.8 Å². The standard InChI is InChI=1S/C34H31N3O5S.C2HF3O2/c1-22-16-27(34-28(17-22)30(38)19-33(42-34)37-20-25-12-6-7-13-26(25)21-37)23(2)35-29-14-8-9-15-31(29)43(40,41)36-32(39)18-24-10-4-3-5-11-24;3-2(4,5)1(6)7/h3-17,19,23,35H,18,20-21H2,1-2H3,(H,36,39);(H,6,7). The molecule has 1 unspecified atom stereocenters. The number of carbonyl (C=O) groups excluding carboxylic acids is 1. The second-order valence-electron chi connectivity index (χ2n) is 11.7. The number of rotatable bonds is 8. The van der Waals surface area contributed by atoms with E-state index in [4.69, 9.17) is 14.3 Å². The number of nitrogens with one attached hydrogen (secondary N) is 2. The van der Waals surface area contributed by atoms with Crippen molar-refractivity contribution in [1.82, 2.24) is 4.72 Å². The van der Waals surface area contributed by atoms with Crippen molar-refractivity contribution in [3.63, 3.8) is 0 Å². The van der Waals surface area contributed by atoms with E-state index in [1.54, 1.807) is 48.5 Å². The fraction of sp³-hybridized carbons (Fsp3) is 0.194. The summed E-state index contributed by atoms with van der Waals surface area (Å²) in [6, 6.07) is 28.3. The summed E-state index contributed by atoms with van der Waals surface area (Å²) in [6.45, 7) is 5.06. The number of anilines is 2. The highest BCUT2D eigenvalue weighted by atomic mass is 32.2. The van der Waals surface area contributed by atoms with E-state index in [-0.39, 0.29) is 16.7 Å². The van der Waals surface area contributed by atoms with Gasteiger partial charge in [0, 0.05) is 24.7 Å². The first-order valence-corrected chi connectivity index (χ1v) is 16.8. The molecule has 1 aromatic heterocycles. The summed E-state index contributed by atoms with van der Waals surface area (Å²) < 4.78 is 67.0.